The van der Waals surface area contributed by atoms with Crippen LogP contribution in [0.5, 0.6) is 0 Å². The van der Waals surface area contributed by atoms with Crippen LogP contribution < -0.4 is 15.8 Å². The van der Waals surface area contributed by atoms with Crippen molar-refractivity contribution in [1.82, 2.24) is 24.5 Å². The van der Waals surface area contributed by atoms with E-state index in [9.17, 15) is 14.0 Å². The monoisotopic (exact) mass is 536 g/mol. The average molecular weight is 537 g/mol. The van der Waals surface area contributed by atoms with Crippen molar-refractivity contribution < 1.29 is 9.18 Å². The zero-order valence-corrected chi connectivity index (χ0v) is 22.3. The van der Waals surface area contributed by atoms with Crippen LogP contribution in [0, 0.1) is 19.7 Å². The molecule has 4 heterocycles. The lowest BCUT2D eigenvalue weighted by atomic mass is 10.0. The minimum atomic E-state index is -0.419. The van der Waals surface area contributed by atoms with Crippen molar-refractivity contribution in [2.24, 2.45) is 0 Å². The van der Waals surface area contributed by atoms with E-state index in [1.165, 1.54) is 12.1 Å². The highest BCUT2D eigenvalue weighted by atomic mass is 19.1. The fourth-order valence-corrected chi connectivity index (χ4v) is 5.46. The molecule has 0 aliphatic carbocycles. The van der Waals surface area contributed by atoms with Gasteiger partial charge in [0, 0.05) is 30.7 Å². The number of hydrogen-bond acceptors (Lipinski definition) is 5. The number of halogens is 1. The van der Waals surface area contributed by atoms with Gasteiger partial charge in [-0.25, -0.2) is 13.9 Å². The molecule has 1 amide bonds. The molecular formula is C31H29FN6O2. The number of pyridine rings is 1. The largest absolute Gasteiger partial charge is 0.347 e. The molecule has 0 spiro atoms. The molecular weight excluding hydrogens is 507 g/mol. The number of nitrogens with one attached hydrogen (secondary N) is 1. The Labute approximate surface area is 230 Å². The van der Waals surface area contributed by atoms with Gasteiger partial charge >= 0.3 is 0 Å². The summed E-state index contributed by atoms with van der Waals surface area (Å²) in [6.45, 7) is 4.63. The second-order valence-corrected chi connectivity index (χ2v) is 10.3. The number of aryl methyl sites for hydroxylation is 1. The van der Waals surface area contributed by atoms with E-state index in [-0.39, 0.29) is 29.0 Å². The summed E-state index contributed by atoms with van der Waals surface area (Å²) in [6.07, 6.45) is 3.98. The molecule has 1 saturated heterocycles. The van der Waals surface area contributed by atoms with E-state index < -0.39 is 5.91 Å². The zero-order chi connectivity index (χ0) is 27.8. The smallest absolute Gasteiger partial charge is 0.263 e. The molecule has 9 heteroatoms. The number of anilines is 1. The quantitative estimate of drug-likeness (QED) is 0.347. The maximum Gasteiger partial charge on any atom is 0.263 e. The molecule has 0 radical (unpaired) electrons. The summed E-state index contributed by atoms with van der Waals surface area (Å²) < 4.78 is 17.5. The van der Waals surface area contributed by atoms with Crippen LogP contribution in [0.25, 0.3) is 5.65 Å². The maximum absolute atomic E-state index is 14.2. The van der Waals surface area contributed by atoms with Gasteiger partial charge < -0.3 is 14.8 Å². The van der Waals surface area contributed by atoms with Crippen LogP contribution in [0.2, 0.25) is 0 Å². The van der Waals surface area contributed by atoms with Crippen molar-refractivity contribution in [3.8, 4) is 0 Å². The lowest BCUT2D eigenvalue weighted by molar-refractivity contribution is 0.0937. The number of hydrogen-bond donors (Lipinski definition) is 1. The van der Waals surface area contributed by atoms with Crippen LogP contribution in [-0.2, 0) is 6.54 Å². The van der Waals surface area contributed by atoms with Crippen molar-refractivity contribution in [2.45, 2.75) is 38.9 Å². The van der Waals surface area contributed by atoms with E-state index in [0.29, 0.717) is 25.3 Å². The fraction of sp³-hybridized carbons (Fsp3) is 0.226. The number of rotatable bonds is 6. The molecule has 2 atom stereocenters. The van der Waals surface area contributed by atoms with E-state index >= 15 is 0 Å². The molecule has 5 aromatic rings. The van der Waals surface area contributed by atoms with Crippen LogP contribution in [0.4, 0.5) is 10.2 Å². The Kier molecular flexibility index (Phi) is 6.63. The second kappa shape index (κ2) is 10.4. The second-order valence-electron chi connectivity index (χ2n) is 10.3. The van der Waals surface area contributed by atoms with Crippen molar-refractivity contribution >= 4 is 17.4 Å². The summed E-state index contributed by atoms with van der Waals surface area (Å²) in [5, 5.41) is 7.78. The lowest BCUT2D eigenvalue weighted by Crippen LogP contribution is -2.41. The molecule has 3 aromatic heterocycles. The molecule has 0 bridgehead atoms. The van der Waals surface area contributed by atoms with Gasteiger partial charge in [0.15, 0.2) is 5.65 Å². The Hall–Kier alpha value is -4.79. The van der Waals surface area contributed by atoms with Crippen molar-refractivity contribution in [3.63, 3.8) is 0 Å². The van der Waals surface area contributed by atoms with Gasteiger partial charge in [0.05, 0.1) is 12.6 Å². The van der Waals surface area contributed by atoms with Crippen LogP contribution in [0.15, 0.2) is 90.0 Å². The number of fused-ring (bicyclic) bond motifs is 1. The first-order valence-corrected chi connectivity index (χ1v) is 13.3. The SMILES string of the molecule is Cc1cc(C(=O)N[C@H]2C[C@H](c3cccc(F)c3)N(c3ccc4nccn4n3)C2)c(=O)n(Cc2ccccc2)c1C. The molecule has 1 aliphatic heterocycles. The first kappa shape index (κ1) is 25.5. The lowest BCUT2D eigenvalue weighted by Gasteiger charge is -2.25. The molecule has 40 heavy (non-hydrogen) atoms. The molecule has 202 valence electrons. The number of benzene rings is 2. The molecule has 1 aliphatic rings. The number of aromatic nitrogens is 4. The molecule has 0 saturated carbocycles. The maximum atomic E-state index is 14.2. The van der Waals surface area contributed by atoms with Gasteiger partial charge in [-0.2, -0.15) is 0 Å². The van der Waals surface area contributed by atoms with Gasteiger partial charge in [-0.3, -0.25) is 9.59 Å². The Bertz CT molecular complexity index is 1760. The number of imidazole rings is 1. The predicted octanol–water partition coefficient (Wildman–Crippen LogP) is 4.45. The highest BCUT2D eigenvalue weighted by Crippen LogP contribution is 2.35. The van der Waals surface area contributed by atoms with Gasteiger partial charge in [-0.1, -0.05) is 42.5 Å². The molecule has 2 aromatic carbocycles. The normalized spacial score (nSPS) is 16.9. The summed E-state index contributed by atoms with van der Waals surface area (Å²) >= 11 is 0. The Balaban J connectivity index is 1.29. The van der Waals surface area contributed by atoms with E-state index in [0.717, 1.165) is 28.0 Å². The Morgan fingerprint density at radius 3 is 2.67 bits per heavy atom. The highest BCUT2D eigenvalue weighted by Gasteiger charge is 2.36. The molecule has 0 unspecified atom stereocenters. The van der Waals surface area contributed by atoms with Gasteiger partial charge in [0.1, 0.15) is 17.2 Å². The number of carbonyl (C=O) groups excluding carboxylic acids is 1. The van der Waals surface area contributed by atoms with Crippen molar-refractivity contribution in [2.75, 3.05) is 11.4 Å². The third kappa shape index (κ3) is 4.86. The summed E-state index contributed by atoms with van der Waals surface area (Å²) in [7, 11) is 0. The number of carbonyl (C=O) groups is 1. The van der Waals surface area contributed by atoms with Gasteiger partial charge in [-0.05, 0) is 67.3 Å². The molecule has 1 fully saturated rings. The molecule has 1 N–H and O–H groups in total. The van der Waals surface area contributed by atoms with Crippen molar-refractivity contribution in [3.05, 3.63) is 129 Å². The van der Waals surface area contributed by atoms with Crippen LogP contribution in [0.3, 0.4) is 0 Å². The van der Waals surface area contributed by atoms with Crippen LogP contribution in [-0.4, -0.2) is 37.7 Å². The van der Waals surface area contributed by atoms with Gasteiger partial charge in [0.2, 0.25) is 0 Å². The predicted molar refractivity (Wildman–Crippen MR) is 151 cm³/mol. The summed E-state index contributed by atoms with van der Waals surface area (Å²) in [5.74, 6) is -0.0530. The van der Waals surface area contributed by atoms with Gasteiger partial charge in [-0.15, -0.1) is 5.10 Å². The minimum Gasteiger partial charge on any atom is -0.347 e. The summed E-state index contributed by atoms with van der Waals surface area (Å²) in [4.78, 5) is 33.4. The fourth-order valence-electron chi connectivity index (χ4n) is 5.46. The number of amides is 1. The third-order valence-corrected chi connectivity index (χ3v) is 7.65. The van der Waals surface area contributed by atoms with E-state index in [2.05, 4.69) is 15.2 Å². The highest BCUT2D eigenvalue weighted by molar-refractivity contribution is 5.94. The zero-order valence-electron chi connectivity index (χ0n) is 22.3. The Morgan fingerprint density at radius 2 is 1.88 bits per heavy atom. The first-order valence-electron chi connectivity index (χ1n) is 13.3. The summed E-state index contributed by atoms with van der Waals surface area (Å²) in [5.41, 5.74) is 3.97. The van der Waals surface area contributed by atoms with Crippen molar-refractivity contribution in [1.29, 1.82) is 0 Å². The Morgan fingerprint density at radius 1 is 1.05 bits per heavy atom. The summed E-state index contributed by atoms with van der Waals surface area (Å²) in [6, 6.07) is 21.1. The van der Waals surface area contributed by atoms with Crippen LogP contribution >= 0.6 is 0 Å². The molecule has 6 rings (SSSR count). The van der Waals surface area contributed by atoms with Crippen LogP contribution in [0.1, 0.15) is 45.2 Å². The third-order valence-electron chi connectivity index (χ3n) is 7.65. The van der Waals surface area contributed by atoms with Gasteiger partial charge in [0.25, 0.3) is 11.5 Å². The number of nitrogens with zero attached hydrogens (tertiary/aromatic N) is 5. The van der Waals surface area contributed by atoms with E-state index in [1.54, 1.807) is 33.6 Å². The minimum absolute atomic E-state index is 0.109. The standard InChI is InChI=1S/C31H29FN6O2/c1-20-15-26(31(40)36(21(20)2)18-22-7-4-3-5-8-22)30(39)34-25-17-27(23-9-6-10-24(32)16-23)37(19-25)29-12-11-28-33-13-14-38(28)35-29/h3-16,25,27H,17-19H2,1-2H3,(H,34,39)/t25-,27+/m0/s1. The van der Waals surface area contributed by atoms with E-state index in [1.807, 2.05) is 62.4 Å². The first-order chi connectivity index (χ1) is 19.4. The average Bonchev–Trinajstić information content (AvgIpc) is 3.60. The topological polar surface area (TPSA) is 84.5 Å². The van der Waals surface area contributed by atoms with E-state index in [4.69, 9.17) is 5.10 Å². The molecule has 8 nitrogen and oxygen atoms in total.